The van der Waals surface area contributed by atoms with Crippen LogP contribution in [0.2, 0.25) is 0 Å². The van der Waals surface area contributed by atoms with Gasteiger partial charge in [-0.25, -0.2) is 14.6 Å². The third kappa shape index (κ3) is 15.9. The number of fused-ring (bicyclic) bond motifs is 3. The Morgan fingerprint density at radius 3 is 1.67 bits per heavy atom. The number of esters is 2. The maximum atomic E-state index is 15.2. The predicted octanol–water partition coefficient (Wildman–Crippen LogP) is 10.6. The molecule has 2 aliphatic heterocycles. The average Bonchev–Trinajstić information content (AvgIpc) is 3.77. The predicted molar refractivity (Wildman–Crippen MR) is 279 cm³/mol. The summed E-state index contributed by atoms with van der Waals surface area (Å²) in [6, 6.07) is 37.7. The Balaban J connectivity index is 1.20. The minimum absolute atomic E-state index is 0.116. The number of para-hydroxylation sites is 1. The van der Waals surface area contributed by atoms with Crippen molar-refractivity contribution in [2.75, 3.05) is 19.8 Å². The van der Waals surface area contributed by atoms with E-state index in [-0.39, 0.29) is 25.5 Å². The lowest BCUT2D eigenvalue weighted by Crippen LogP contribution is -2.67. The Morgan fingerprint density at radius 1 is 0.582 bits per heavy atom. The SMILES string of the molecule is CC(=O)OC1C(OCc2ccccc2)[C@@H](OCC2O[C@@H](OC(=Nc3ccccc3)C(F)(F)F)C(NC(=O)OCC(Cl)(Cl)Cl)C(OCc3ccccc3)[C@@H]2OC(=O)OCC2c3ccccc3-c3ccccc32)OC(C)[C@@H]1OC(C)=O. The fourth-order valence-electron chi connectivity index (χ4n) is 9.27. The van der Waals surface area contributed by atoms with Crippen LogP contribution in [0.1, 0.15) is 48.9 Å². The van der Waals surface area contributed by atoms with Crippen LogP contribution in [-0.4, -0.2) is 121 Å². The molecule has 3 aliphatic rings. The lowest BCUT2D eigenvalue weighted by molar-refractivity contribution is -0.324. The highest BCUT2D eigenvalue weighted by Crippen LogP contribution is 2.45. The second-order valence-electron chi connectivity index (χ2n) is 18.4. The molecule has 0 spiro atoms. The molecule has 1 amide bonds. The van der Waals surface area contributed by atoms with Gasteiger partial charge >= 0.3 is 30.4 Å². The standard InChI is InChI=1S/C56H54Cl3F3N2O15/c1-32-45(75-33(2)65)48(76-34(3)66)49(70-28-36-19-9-5-10-20-36)51(74-32)71-30-43-46(78-54(68)72-29-42-40-25-15-13-23-38(40)39-24-14-16-26-41(39)42)47(69-27-35-17-7-4-8-18-35)44(64-53(67)73-31-55(57,58)59)50(77-43)79-52(56(60,61)62)63-37-21-11-6-12-22-37/h4-26,32,42-51H,27-31H2,1-3H3,(H,64,67)/t32?,43?,44?,45-,46+,47?,48?,49?,50-,51-/m0/s1. The summed E-state index contributed by atoms with van der Waals surface area (Å²) >= 11 is 17.7. The number of hydrogen-bond acceptors (Lipinski definition) is 16. The summed E-state index contributed by atoms with van der Waals surface area (Å²) < 4.78 is 110. The number of aliphatic imine (C=N–C) groups is 1. The highest BCUT2D eigenvalue weighted by molar-refractivity contribution is 6.67. The highest BCUT2D eigenvalue weighted by atomic mass is 35.6. The molecule has 23 heteroatoms. The first kappa shape index (κ1) is 58.7. The number of benzene rings is 5. The number of amides is 1. The minimum atomic E-state index is -5.31. The molecule has 2 saturated heterocycles. The molecule has 0 saturated carbocycles. The van der Waals surface area contributed by atoms with Crippen LogP contribution in [0.3, 0.4) is 0 Å². The number of alkyl carbamates (subject to hydrolysis) is 1. The van der Waals surface area contributed by atoms with Gasteiger partial charge in [-0.2, -0.15) is 13.2 Å². The van der Waals surface area contributed by atoms with E-state index < -0.39 is 121 Å². The van der Waals surface area contributed by atoms with Gasteiger partial charge in [0.25, 0.3) is 5.90 Å². The molecule has 8 rings (SSSR count). The molecule has 6 unspecified atom stereocenters. The van der Waals surface area contributed by atoms with E-state index in [9.17, 15) is 19.2 Å². The van der Waals surface area contributed by atoms with Crippen molar-refractivity contribution >= 4 is 70.6 Å². The Kier molecular flexibility index (Phi) is 19.8. The molecule has 2 heterocycles. The Hall–Kier alpha value is -6.49. The number of alkyl halides is 6. The zero-order chi connectivity index (χ0) is 56.3. The van der Waals surface area contributed by atoms with Crippen LogP contribution >= 0.6 is 34.8 Å². The zero-order valence-electron chi connectivity index (χ0n) is 42.5. The van der Waals surface area contributed by atoms with Crippen molar-refractivity contribution in [2.45, 2.75) is 111 Å². The Morgan fingerprint density at radius 2 is 1.11 bits per heavy atom. The molecule has 0 aromatic heterocycles. The molecular formula is C56H54Cl3F3N2O15. The summed E-state index contributed by atoms with van der Waals surface area (Å²) in [6.45, 7) is 1.54. The average molecular weight is 1160 g/mol. The Bertz CT molecular complexity index is 2840. The first-order valence-corrected chi connectivity index (χ1v) is 25.9. The van der Waals surface area contributed by atoms with E-state index >= 15 is 13.2 Å². The summed E-state index contributed by atoms with van der Waals surface area (Å²) in [5.74, 6) is -3.79. The van der Waals surface area contributed by atoms with Gasteiger partial charge in [-0.1, -0.05) is 162 Å². The van der Waals surface area contributed by atoms with Crippen molar-refractivity contribution in [1.29, 1.82) is 0 Å². The van der Waals surface area contributed by atoms with Crippen molar-refractivity contribution in [1.82, 2.24) is 5.32 Å². The molecule has 5 aromatic carbocycles. The monoisotopic (exact) mass is 1160 g/mol. The van der Waals surface area contributed by atoms with Gasteiger partial charge in [0.05, 0.1) is 31.6 Å². The number of halogens is 6. The summed E-state index contributed by atoms with van der Waals surface area (Å²) in [5.41, 5.74) is 4.63. The lowest BCUT2D eigenvalue weighted by atomic mass is 9.96. The van der Waals surface area contributed by atoms with E-state index in [0.29, 0.717) is 11.1 Å². The normalized spacial score (nSPS) is 24.0. The van der Waals surface area contributed by atoms with Gasteiger partial charge in [0.2, 0.25) is 10.1 Å². The molecule has 0 radical (unpaired) electrons. The third-order valence-corrected chi connectivity index (χ3v) is 13.0. The second kappa shape index (κ2) is 26.6. The molecule has 420 valence electrons. The van der Waals surface area contributed by atoms with Crippen LogP contribution in [-0.2, 0) is 74.9 Å². The number of carbonyl (C=O) groups excluding carboxylic acids is 4. The Labute approximate surface area is 467 Å². The van der Waals surface area contributed by atoms with Gasteiger partial charge in [0.15, 0.2) is 24.6 Å². The molecule has 2 fully saturated rings. The smallest absolute Gasteiger partial charge is 0.456 e. The van der Waals surface area contributed by atoms with Crippen molar-refractivity contribution in [2.24, 2.45) is 4.99 Å². The number of ether oxygens (including phenoxy) is 11. The van der Waals surface area contributed by atoms with Crippen LogP contribution in [0, 0.1) is 0 Å². The first-order chi connectivity index (χ1) is 37.8. The quantitative estimate of drug-likeness (QED) is 0.0286. The number of nitrogens with one attached hydrogen (secondary N) is 1. The maximum absolute atomic E-state index is 15.2. The first-order valence-electron chi connectivity index (χ1n) is 24.8. The molecule has 0 bridgehead atoms. The molecule has 79 heavy (non-hydrogen) atoms. The summed E-state index contributed by atoms with van der Waals surface area (Å²) in [6.07, 6.45) is -22.1. The van der Waals surface area contributed by atoms with Gasteiger partial charge in [0.1, 0.15) is 37.6 Å². The lowest BCUT2D eigenvalue weighted by Gasteiger charge is -2.47. The molecular weight excluding hydrogens is 1100 g/mol. The van der Waals surface area contributed by atoms with E-state index in [4.69, 9.17) is 86.9 Å². The van der Waals surface area contributed by atoms with Crippen molar-refractivity contribution < 1.29 is 84.5 Å². The van der Waals surface area contributed by atoms with Crippen LogP contribution in [0.4, 0.5) is 28.4 Å². The minimum Gasteiger partial charge on any atom is -0.456 e. The van der Waals surface area contributed by atoms with E-state index in [2.05, 4.69) is 10.3 Å². The molecule has 5 aromatic rings. The second-order valence-corrected chi connectivity index (χ2v) is 20.9. The van der Waals surface area contributed by atoms with Crippen LogP contribution in [0.25, 0.3) is 11.1 Å². The van der Waals surface area contributed by atoms with E-state index in [1.165, 1.54) is 31.2 Å². The zero-order valence-corrected chi connectivity index (χ0v) is 44.8. The van der Waals surface area contributed by atoms with Crippen LogP contribution < -0.4 is 5.32 Å². The summed E-state index contributed by atoms with van der Waals surface area (Å²) in [7, 11) is 0. The van der Waals surface area contributed by atoms with Crippen molar-refractivity contribution in [3.63, 3.8) is 0 Å². The summed E-state index contributed by atoms with van der Waals surface area (Å²) in [4.78, 5) is 57.1. The molecule has 1 aliphatic carbocycles. The van der Waals surface area contributed by atoms with Gasteiger partial charge in [-0.15, -0.1) is 0 Å². The number of nitrogens with zero attached hydrogens (tertiary/aromatic N) is 1. The topological polar surface area (TPSA) is 194 Å². The van der Waals surface area contributed by atoms with Gasteiger partial charge < -0.3 is 57.4 Å². The number of carbonyl (C=O) groups is 4. The number of rotatable bonds is 18. The molecule has 1 N–H and O–H groups in total. The highest BCUT2D eigenvalue weighted by Gasteiger charge is 2.55. The van der Waals surface area contributed by atoms with E-state index in [1.807, 2.05) is 48.5 Å². The number of hydrogen-bond donors (Lipinski definition) is 1. The van der Waals surface area contributed by atoms with E-state index in [1.54, 1.807) is 66.7 Å². The summed E-state index contributed by atoms with van der Waals surface area (Å²) in [5, 5.41) is 2.42. The largest absolute Gasteiger partial charge is 0.508 e. The van der Waals surface area contributed by atoms with E-state index in [0.717, 1.165) is 36.1 Å². The van der Waals surface area contributed by atoms with Crippen molar-refractivity contribution in [3.05, 3.63) is 162 Å². The maximum Gasteiger partial charge on any atom is 0.508 e. The molecule has 17 nitrogen and oxygen atoms in total. The van der Waals surface area contributed by atoms with Crippen molar-refractivity contribution in [3.8, 4) is 11.1 Å². The van der Waals surface area contributed by atoms with Gasteiger partial charge in [-0.3, -0.25) is 9.59 Å². The van der Waals surface area contributed by atoms with Gasteiger partial charge in [0, 0.05) is 19.8 Å². The third-order valence-electron chi connectivity index (χ3n) is 12.6. The fraction of sp³-hybridized carbons (Fsp3) is 0.375. The van der Waals surface area contributed by atoms with Crippen LogP contribution in [0.5, 0.6) is 0 Å². The van der Waals surface area contributed by atoms with Crippen LogP contribution in [0.15, 0.2) is 145 Å². The fourth-order valence-corrected chi connectivity index (χ4v) is 9.43. The van der Waals surface area contributed by atoms with Gasteiger partial charge in [-0.05, 0) is 52.4 Å². The molecule has 10 atom stereocenters.